The number of aryl methyl sites for hydroxylation is 1. The lowest BCUT2D eigenvalue weighted by molar-refractivity contribution is 0.613. The van der Waals surface area contributed by atoms with Crippen molar-refractivity contribution in [3.05, 3.63) is 77.2 Å². The Morgan fingerprint density at radius 2 is 1.84 bits per heavy atom. The Hall–Kier alpha value is -3.46. The molecule has 0 aliphatic heterocycles. The maximum atomic E-state index is 13.7. The molecule has 0 saturated heterocycles. The van der Waals surface area contributed by atoms with Crippen molar-refractivity contribution in [3.63, 3.8) is 0 Å². The lowest BCUT2D eigenvalue weighted by Crippen LogP contribution is -2.07. The monoisotopic (exact) mass is 333 g/mol. The van der Waals surface area contributed by atoms with E-state index in [4.69, 9.17) is 5.26 Å². The van der Waals surface area contributed by atoms with Gasteiger partial charge in [0.2, 0.25) is 5.95 Å². The number of rotatable bonds is 5. The number of nitrogens with one attached hydrogen (secondary N) is 2. The molecule has 0 aliphatic carbocycles. The van der Waals surface area contributed by atoms with Crippen LogP contribution in [0.15, 0.2) is 54.6 Å². The fourth-order valence-corrected chi connectivity index (χ4v) is 2.35. The zero-order chi connectivity index (χ0) is 17.6. The summed E-state index contributed by atoms with van der Waals surface area (Å²) in [6.45, 7) is 2.16. The summed E-state index contributed by atoms with van der Waals surface area (Å²) in [6, 6.07) is 17.6. The molecule has 0 atom stereocenters. The Morgan fingerprint density at radius 3 is 2.64 bits per heavy atom. The first-order chi connectivity index (χ1) is 12.2. The third-order valence-electron chi connectivity index (χ3n) is 3.57. The molecule has 6 heteroatoms. The van der Waals surface area contributed by atoms with Gasteiger partial charge in [-0.15, -0.1) is 0 Å². The fraction of sp³-hybridized carbons (Fsp3) is 0.105. The Balaban J connectivity index is 1.79. The minimum atomic E-state index is -0.262. The highest BCUT2D eigenvalue weighted by molar-refractivity contribution is 5.63. The molecule has 2 aromatic carbocycles. The van der Waals surface area contributed by atoms with Crippen molar-refractivity contribution in [1.29, 1.82) is 5.26 Å². The van der Waals surface area contributed by atoms with Crippen LogP contribution in [0.2, 0.25) is 0 Å². The second kappa shape index (κ2) is 7.41. The van der Waals surface area contributed by atoms with Crippen LogP contribution in [0.4, 0.5) is 21.8 Å². The minimum Gasteiger partial charge on any atom is -0.366 e. The van der Waals surface area contributed by atoms with Crippen molar-refractivity contribution in [2.45, 2.75) is 13.5 Å². The standard InChI is InChI=1S/C19H16FN5/c1-13-10-18(22-12-15-7-2-4-8-16(15)20)25-19(23-13)24-17-9-5-3-6-14(17)11-21/h2-10H,12H2,1H3,(H2,22,23,24,25). The highest BCUT2D eigenvalue weighted by atomic mass is 19.1. The molecule has 0 bridgehead atoms. The number of hydrogen-bond donors (Lipinski definition) is 2. The first-order valence-corrected chi connectivity index (χ1v) is 7.75. The van der Waals surface area contributed by atoms with Crippen LogP contribution >= 0.6 is 0 Å². The Labute approximate surface area is 145 Å². The van der Waals surface area contributed by atoms with Crippen LogP contribution in [0, 0.1) is 24.1 Å². The van der Waals surface area contributed by atoms with Crippen LogP contribution in [0.5, 0.6) is 0 Å². The topological polar surface area (TPSA) is 73.6 Å². The highest BCUT2D eigenvalue weighted by Gasteiger charge is 2.07. The highest BCUT2D eigenvalue weighted by Crippen LogP contribution is 2.19. The van der Waals surface area contributed by atoms with Crippen molar-refractivity contribution in [1.82, 2.24) is 9.97 Å². The van der Waals surface area contributed by atoms with Crippen LogP contribution in [0.1, 0.15) is 16.8 Å². The number of anilines is 3. The summed E-state index contributed by atoms with van der Waals surface area (Å²) < 4.78 is 13.7. The zero-order valence-electron chi connectivity index (χ0n) is 13.6. The van der Waals surface area contributed by atoms with E-state index in [-0.39, 0.29) is 5.82 Å². The first-order valence-electron chi connectivity index (χ1n) is 7.75. The van der Waals surface area contributed by atoms with Gasteiger partial charge in [-0.2, -0.15) is 10.2 Å². The smallest absolute Gasteiger partial charge is 0.229 e. The predicted octanol–water partition coefficient (Wildman–Crippen LogP) is 4.15. The summed E-state index contributed by atoms with van der Waals surface area (Å²) >= 11 is 0. The maximum absolute atomic E-state index is 13.7. The van der Waals surface area contributed by atoms with Gasteiger partial charge < -0.3 is 10.6 Å². The molecule has 3 aromatic rings. The van der Waals surface area contributed by atoms with Crippen LogP contribution < -0.4 is 10.6 Å². The Kier molecular flexibility index (Phi) is 4.86. The SMILES string of the molecule is Cc1cc(NCc2ccccc2F)nc(Nc2ccccc2C#N)n1. The van der Waals surface area contributed by atoms with Gasteiger partial charge in [0, 0.05) is 23.9 Å². The summed E-state index contributed by atoms with van der Waals surface area (Å²) in [4.78, 5) is 8.72. The summed E-state index contributed by atoms with van der Waals surface area (Å²) in [5, 5.41) is 15.3. The van der Waals surface area contributed by atoms with Crippen molar-refractivity contribution in [2.24, 2.45) is 0 Å². The Morgan fingerprint density at radius 1 is 1.08 bits per heavy atom. The summed E-state index contributed by atoms with van der Waals surface area (Å²) in [5.74, 6) is 0.688. The van der Waals surface area contributed by atoms with Crippen LogP contribution in [-0.4, -0.2) is 9.97 Å². The van der Waals surface area contributed by atoms with E-state index in [9.17, 15) is 4.39 Å². The first kappa shape index (κ1) is 16.4. The van der Waals surface area contributed by atoms with E-state index >= 15 is 0 Å². The second-order valence-electron chi connectivity index (χ2n) is 5.45. The van der Waals surface area contributed by atoms with E-state index in [0.29, 0.717) is 35.1 Å². The van der Waals surface area contributed by atoms with E-state index in [0.717, 1.165) is 5.69 Å². The molecule has 2 N–H and O–H groups in total. The normalized spacial score (nSPS) is 10.1. The largest absolute Gasteiger partial charge is 0.366 e. The van der Waals surface area contributed by atoms with Gasteiger partial charge in [-0.25, -0.2) is 9.37 Å². The fourth-order valence-electron chi connectivity index (χ4n) is 2.35. The van der Waals surface area contributed by atoms with Gasteiger partial charge in [0.1, 0.15) is 17.7 Å². The van der Waals surface area contributed by atoms with Gasteiger partial charge >= 0.3 is 0 Å². The summed E-state index contributed by atoms with van der Waals surface area (Å²) in [7, 11) is 0. The summed E-state index contributed by atoms with van der Waals surface area (Å²) in [5.41, 5.74) is 2.45. The molecule has 0 fully saturated rings. The quantitative estimate of drug-likeness (QED) is 0.734. The van der Waals surface area contributed by atoms with E-state index < -0.39 is 0 Å². The van der Waals surface area contributed by atoms with Crippen molar-refractivity contribution in [3.8, 4) is 6.07 Å². The molecule has 3 rings (SSSR count). The number of nitriles is 1. The molecule has 0 aliphatic rings. The van der Waals surface area contributed by atoms with E-state index in [1.807, 2.05) is 13.0 Å². The number of para-hydroxylation sites is 1. The molecule has 0 amide bonds. The molecular weight excluding hydrogens is 317 g/mol. The Bertz CT molecular complexity index is 933. The van der Waals surface area contributed by atoms with Crippen molar-refractivity contribution >= 4 is 17.5 Å². The molecular formula is C19H16FN5. The molecule has 5 nitrogen and oxygen atoms in total. The lowest BCUT2D eigenvalue weighted by Gasteiger charge is -2.11. The predicted molar refractivity (Wildman–Crippen MR) is 94.9 cm³/mol. The number of hydrogen-bond acceptors (Lipinski definition) is 5. The van der Waals surface area contributed by atoms with Crippen molar-refractivity contribution in [2.75, 3.05) is 10.6 Å². The molecule has 124 valence electrons. The summed E-state index contributed by atoms with van der Waals surface area (Å²) in [6.07, 6.45) is 0. The molecule has 25 heavy (non-hydrogen) atoms. The minimum absolute atomic E-state index is 0.262. The third-order valence-corrected chi connectivity index (χ3v) is 3.57. The van der Waals surface area contributed by atoms with Gasteiger partial charge in [0.25, 0.3) is 0 Å². The van der Waals surface area contributed by atoms with Gasteiger partial charge in [-0.05, 0) is 25.1 Å². The lowest BCUT2D eigenvalue weighted by atomic mass is 10.2. The number of benzene rings is 2. The van der Waals surface area contributed by atoms with Crippen LogP contribution in [-0.2, 0) is 6.54 Å². The molecule has 0 radical (unpaired) electrons. The van der Waals surface area contributed by atoms with Gasteiger partial charge in [-0.3, -0.25) is 0 Å². The maximum Gasteiger partial charge on any atom is 0.229 e. The number of aromatic nitrogens is 2. The molecule has 0 spiro atoms. The average molecular weight is 333 g/mol. The van der Waals surface area contributed by atoms with Gasteiger partial charge in [0.05, 0.1) is 11.3 Å². The molecule has 0 unspecified atom stereocenters. The molecule has 1 heterocycles. The van der Waals surface area contributed by atoms with E-state index in [2.05, 4.69) is 26.7 Å². The van der Waals surface area contributed by atoms with Gasteiger partial charge in [0.15, 0.2) is 0 Å². The van der Waals surface area contributed by atoms with Crippen molar-refractivity contribution < 1.29 is 4.39 Å². The molecule has 1 aromatic heterocycles. The van der Waals surface area contributed by atoms with Crippen LogP contribution in [0.25, 0.3) is 0 Å². The van der Waals surface area contributed by atoms with Gasteiger partial charge in [-0.1, -0.05) is 30.3 Å². The van der Waals surface area contributed by atoms with E-state index in [1.165, 1.54) is 6.07 Å². The van der Waals surface area contributed by atoms with Crippen LogP contribution in [0.3, 0.4) is 0 Å². The average Bonchev–Trinajstić information content (AvgIpc) is 2.61. The third kappa shape index (κ3) is 4.09. The molecule has 0 saturated carbocycles. The van der Waals surface area contributed by atoms with E-state index in [1.54, 1.807) is 42.5 Å². The zero-order valence-corrected chi connectivity index (χ0v) is 13.6. The number of halogens is 1. The second-order valence-corrected chi connectivity index (χ2v) is 5.45. The number of nitrogens with zero attached hydrogens (tertiary/aromatic N) is 3.